The lowest BCUT2D eigenvalue weighted by Gasteiger charge is -2.17. The normalized spacial score (nSPS) is 13.5. The van der Waals surface area contributed by atoms with Gasteiger partial charge in [-0.05, 0) is 29.5 Å². The van der Waals surface area contributed by atoms with Gasteiger partial charge in [0.25, 0.3) is 0 Å². The summed E-state index contributed by atoms with van der Waals surface area (Å²) < 4.78 is 32.3. The molecular weight excluding hydrogens is 278 g/mol. The molecule has 0 aliphatic carbocycles. The molecule has 2 N–H and O–H groups in total. The van der Waals surface area contributed by atoms with Gasteiger partial charge in [0.05, 0.1) is 13.7 Å². The molecule has 0 spiro atoms. The van der Waals surface area contributed by atoms with E-state index in [1.165, 1.54) is 13.2 Å². The van der Waals surface area contributed by atoms with Crippen molar-refractivity contribution in [1.29, 1.82) is 0 Å². The van der Waals surface area contributed by atoms with Crippen molar-refractivity contribution in [3.63, 3.8) is 0 Å². The maximum absolute atomic E-state index is 12.3. The Balaban J connectivity index is 3.02. The zero-order chi connectivity index (χ0) is 15.3. The first-order valence-corrected chi connectivity index (χ1v) is 8.07. The standard InChI is InChI=1S/C14H23NO4S/c1-10(2)11(3)8-15-20(17,18)14-7-12(9-16)5-6-13(14)19-4/h5-7,10-11,15-16H,8-9H2,1-4H3. The van der Waals surface area contributed by atoms with E-state index in [9.17, 15) is 8.42 Å². The molecule has 1 rings (SSSR count). The molecular formula is C14H23NO4S. The van der Waals surface area contributed by atoms with Gasteiger partial charge in [-0.1, -0.05) is 26.8 Å². The highest BCUT2D eigenvalue weighted by Gasteiger charge is 2.21. The predicted octanol–water partition coefficient (Wildman–Crippen LogP) is 1.76. The van der Waals surface area contributed by atoms with E-state index in [1.807, 2.05) is 20.8 Å². The highest BCUT2D eigenvalue weighted by atomic mass is 32.2. The van der Waals surface area contributed by atoms with Gasteiger partial charge < -0.3 is 9.84 Å². The first-order chi connectivity index (χ1) is 9.31. The molecule has 0 amide bonds. The van der Waals surface area contributed by atoms with Crippen LogP contribution in [-0.4, -0.2) is 27.2 Å². The van der Waals surface area contributed by atoms with E-state index in [1.54, 1.807) is 12.1 Å². The van der Waals surface area contributed by atoms with Crippen LogP contribution < -0.4 is 9.46 Å². The minimum absolute atomic E-state index is 0.0579. The molecule has 0 aliphatic rings. The number of methoxy groups -OCH3 is 1. The van der Waals surface area contributed by atoms with Gasteiger partial charge in [0, 0.05) is 6.54 Å². The molecule has 1 unspecified atom stereocenters. The minimum Gasteiger partial charge on any atom is -0.495 e. The van der Waals surface area contributed by atoms with Gasteiger partial charge in [0.15, 0.2) is 0 Å². The van der Waals surface area contributed by atoms with Crippen LogP contribution in [0.2, 0.25) is 0 Å². The van der Waals surface area contributed by atoms with E-state index >= 15 is 0 Å². The zero-order valence-electron chi connectivity index (χ0n) is 12.4. The van der Waals surface area contributed by atoms with Crippen molar-refractivity contribution in [3.05, 3.63) is 23.8 Å². The van der Waals surface area contributed by atoms with Crippen LogP contribution in [0, 0.1) is 11.8 Å². The number of aliphatic hydroxyl groups is 1. The summed E-state index contributed by atoms with van der Waals surface area (Å²) in [5.41, 5.74) is 0.531. The van der Waals surface area contributed by atoms with Gasteiger partial charge in [-0.15, -0.1) is 0 Å². The van der Waals surface area contributed by atoms with Crippen molar-refractivity contribution in [2.75, 3.05) is 13.7 Å². The second-order valence-corrected chi connectivity index (χ2v) is 6.95. The van der Waals surface area contributed by atoms with Crippen LogP contribution in [0.1, 0.15) is 26.3 Å². The molecule has 0 heterocycles. The van der Waals surface area contributed by atoms with Crippen molar-refractivity contribution >= 4 is 10.0 Å². The van der Waals surface area contributed by atoms with Crippen LogP contribution >= 0.6 is 0 Å². The summed E-state index contributed by atoms with van der Waals surface area (Å²) in [6, 6.07) is 4.61. The van der Waals surface area contributed by atoms with Crippen LogP contribution in [0.25, 0.3) is 0 Å². The Labute approximate surface area is 121 Å². The number of sulfonamides is 1. The number of benzene rings is 1. The Bertz CT molecular complexity index is 540. The molecule has 20 heavy (non-hydrogen) atoms. The molecule has 0 saturated carbocycles. The lowest BCUT2D eigenvalue weighted by Crippen LogP contribution is -2.30. The summed E-state index contributed by atoms with van der Waals surface area (Å²) >= 11 is 0. The van der Waals surface area contributed by atoms with Crippen LogP contribution in [-0.2, 0) is 16.6 Å². The summed E-state index contributed by atoms with van der Waals surface area (Å²) in [5.74, 6) is 0.895. The summed E-state index contributed by atoms with van der Waals surface area (Å²) in [6.07, 6.45) is 0. The average Bonchev–Trinajstić information content (AvgIpc) is 2.43. The second-order valence-electron chi connectivity index (χ2n) is 5.22. The van der Waals surface area contributed by atoms with E-state index in [4.69, 9.17) is 9.84 Å². The number of ether oxygens (including phenoxy) is 1. The summed E-state index contributed by atoms with van der Waals surface area (Å²) in [7, 11) is -2.23. The first-order valence-electron chi connectivity index (χ1n) is 6.59. The predicted molar refractivity (Wildman–Crippen MR) is 78.1 cm³/mol. The first kappa shape index (κ1) is 16.9. The van der Waals surface area contributed by atoms with Gasteiger partial charge in [0.2, 0.25) is 10.0 Å². The SMILES string of the molecule is COc1ccc(CO)cc1S(=O)(=O)NCC(C)C(C)C. The second kappa shape index (κ2) is 7.06. The fraction of sp³-hybridized carbons (Fsp3) is 0.571. The quantitative estimate of drug-likeness (QED) is 0.804. The van der Waals surface area contributed by atoms with E-state index in [0.29, 0.717) is 18.0 Å². The average molecular weight is 301 g/mol. The Morgan fingerprint density at radius 1 is 1.30 bits per heavy atom. The minimum atomic E-state index is -3.65. The molecule has 1 aromatic rings. The maximum Gasteiger partial charge on any atom is 0.244 e. The molecule has 0 aromatic heterocycles. The molecule has 0 saturated heterocycles. The molecule has 5 nitrogen and oxygen atoms in total. The van der Waals surface area contributed by atoms with Crippen molar-refractivity contribution in [2.45, 2.75) is 32.3 Å². The molecule has 1 atom stereocenters. The fourth-order valence-corrected chi connectivity index (χ4v) is 2.94. The summed E-state index contributed by atoms with van der Waals surface area (Å²) in [6.45, 7) is 6.24. The van der Waals surface area contributed by atoms with E-state index in [-0.39, 0.29) is 23.2 Å². The van der Waals surface area contributed by atoms with Crippen LogP contribution in [0.4, 0.5) is 0 Å². The zero-order valence-corrected chi connectivity index (χ0v) is 13.2. The van der Waals surface area contributed by atoms with Gasteiger partial charge in [0.1, 0.15) is 10.6 Å². The van der Waals surface area contributed by atoms with Gasteiger partial charge in [-0.25, -0.2) is 13.1 Å². The Hall–Kier alpha value is -1.11. The molecule has 0 radical (unpaired) electrons. The van der Waals surface area contributed by atoms with Crippen LogP contribution in [0.15, 0.2) is 23.1 Å². The Morgan fingerprint density at radius 2 is 1.95 bits per heavy atom. The molecule has 114 valence electrons. The molecule has 6 heteroatoms. The largest absolute Gasteiger partial charge is 0.495 e. The van der Waals surface area contributed by atoms with Crippen LogP contribution in [0.5, 0.6) is 5.75 Å². The Kier molecular flexibility index (Phi) is 5.98. The highest BCUT2D eigenvalue weighted by molar-refractivity contribution is 7.89. The number of hydrogen-bond acceptors (Lipinski definition) is 4. The fourth-order valence-electron chi connectivity index (χ4n) is 1.58. The molecule has 0 aliphatic heterocycles. The molecule has 0 fully saturated rings. The van der Waals surface area contributed by atoms with E-state index in [0.717, 1.165) is 0 Å². The number of rotatable bonds is 7. The van der Waals surface area contributed by atoms with Crippen LogP contribution in [0.3, 0.4) is 0 Å². The van der Waals surface area contributed by atoms with Crippen molar-refractivity contribution in [3.8, 4) is 5.75 Å². The summed E-state index contributed by atoms with van der Waals surface area (Å²) in [5, 5.41) is 9.13. The van der Waals surface area contributed by atoms with Crippen molar-refractivity contribution in [1.82, 2.24) is 4.72 Å². The number of aliphatic hydroxyl groups excluding tert-OH is 1. The van der Waals surface area contributed by atoms with Gasteiger partial charge in [-0.3, -0.25) is 0 Å². The van der Waals surface area contributed by atoms with Gasteiger partial charge in [-0.2, -0.15) is 0 Å². The van der Waals surface area contributed by atoms with Gasteiger partial charge >= 0.3 is 0 Å². The lowest BCUT2D eigenvalue weighted by atomic mass is 9.99. The highest BCUT2D eigenvalue weighted by Crippen LogP contribution is 2.25. The number of nitrogens with one attached hydrogen (secondary N) is 1. The van der Waals surface area contributed by atoms with E-state index < -0.39 is 10.0 Å². The van der Waals surface area contributed by atoms with E-state index in [2.05, 4.69) is 4.72 Å². The van der Waals surface area contributed by atoms with Crippen molar-refractivity contribution in [2.24, 2.45) is 11.8 Å². The smallest absolute Gasteiger partial charge is 0.244 e. The topological polar surface area (TPSA) is 75.6 Å². The third-order valence-electron chi connectivity index (χ3n) is 3.43. The maximum atomic E-state index is 12.3. The monoisotopic (exact) mass is 301 g/mol. The summed E-state index contributed by atoms with van der Waals surface area (Å²) in [4.78, 5) is 0.0579. The lowest BCUT2D eigenvalue weighted by molar-refractivity contribution is 0.281. The third-order valence-corrected chi connectivity index (χ3v) is 4.88. The molecule has 0 bridgehead atoms. The third kappa shape index (κ3) is 4.19. The van der Waals surface area contributed by atoms with Crippen molar-refractivity contribution < 1.29 is 18.3 Å². The Morgan fingerprint density at radius 3 is 2.45 bits per heavy atom. The molecule has 1 aromatic carbocycles. The number of hydrogen-bond donors (Lipinski definition) is 2.